The molecule has 6 heteroatoms. The summed E-state index contributed by atoms with van der Waals surface area (Å²) in [5.74, 6) is -0.670. The van der Waals surface area contributed by atoms with Crippen LogP contribution < -0.4 is 10.6 Å². The molecular weight excluding hydrogens is 236 g/mol. The lowest BCUT2D eigenvalue weighted by Gasteiger charge is -2.27. The minimum Gasteiger partial charge on any atom is -0.396 e. The normalized spacial score (nSPS) is 13.8. The first-order chi connectivity index (χ1) is 8.43. The van der Waals surface area contributed by atoms with Crippen molar-refractivity contribution in [2.75, 3.05) is 13.2 Å². The summed E-state index contributed by atoms with van der Waals surface area (Å²) < 4.78 is 0. The summed E-state index contributed by atoms with van der Waals surface area (Å²) in [7, 11) is 0. The molecule has 0 fully saturated rings. The van der Waals surface area contributed by atoms with E-state index in [4.69, 9.17) is 5.11 Å². The van der Waals surface area contributed by atoms with E-state index in [1.54, 1.807) is 0 Å². The molecular formula is C12H24N2O4. The van der Waals surface area contributed by atoms with Crippen molar-refractivity contribution in [2.45, 2.75) is 51.7 Å². The Hall–Kier alpha value is -1.14. The first-order valence-corrected chi connectivity index (χ1v) is 6.32. The summed E-state index contributed by atoms with van der Waals surface area (Å²) in [5.41, 5.74) is -1.47. The van der Waals surface area contributed by atoms with Gasteiger partial charge >= 0.3 is 0 Å². The number of rotatable bonds is 9. The number of carbonyl (C=O) groups is 2. The van der Waals surface area contributed by atoms with E-state index in [1.807, 2.05) is 6.92 Å². The van der Waals surface area contributed by atoms with E-state index in [0.717, 1.165) is 0 Å². The number of amides is 2. The van der Waals surface area contributed by atoms with Gasteiger partial charge in [-0.1, -0.05) is 13.3 Å². The number of carbonyl (C=O) groups excluding carboxylic acids is 2. The average molecular weight is 260 g/mol. The zero-order valence-electron chi connectivity index (χ0n) is 11.2. The molecule has 0 saturated carbocycles. The Kier molecular flexibility index (Phi) is 8.32. The summed E-state index contributed by atoms with van der Waals surface area (Å²) >= 11 is 0. The average Bonchev–Trinajstić information content (AvgIpc) is 2.23. The molecule has 2 amide bonds. The fourth-order valence-corrected chi connectivity index (χ4v) is 1.73. The molecule has 0 bridgehead atoms. The molecule has 0 aliphatic heterocycles. The number of nitrogens with one attached hydrogen (secondary N) is 2. The second kappa shape index (κ2) is 8.88. The van der Waals surface area contributed by atoms with Crippen molar-refractivity contribution in [1.82, 2.24) is 10.6 Å². The van der Waals surface area contributed by atoms with Gasteiger partial charge in [0.2, 0.25) is 11.8 Å². The zero-order chi connectivity index (χ0) is 14.0. The first kappa shape index (κ1) is 16.9. The lowest BCUT2D eigenvalue weighted by molar-refractivity contribution is -0.134. The van der Waals surface area contributed by atoms with E-state index in [0.29, 0.717) is 32.2 Å². The Balaban J connectivity index is 4.14. The van der Waals surface area contributed by atoms with Crippen LogP contribution in [0.15, 0.2) is 0 Å². The van der Waals surface area contributed by atoms with E-state index in [-0.39, 0.29) is 24.8 Å². The minimum atomic E-state index is -1.47. The third-order valence-electron chi connectivity index (χ3n) is 2.43. The van der Waals surface area contributed by atoms with Gasteiger partial charge in [-0.05, 0) is 19.3 Å². The van der Waals surface area contributed by atoms with Crippen LogP contribution in [0.1, 0.15) is 46.0 Å². The lowest BCUT2D eigenvalue weighted by Crippen LogP contribution is -2.50. The minimum absolute atomic E-state index is 0.0987. The maximum atomic E-state index is 11.6. The van der Waals surface area contributed by atoms with Crippen LogP contribution >= 0.6 is 0 Å². The Labute approximate surface area is 108 Å². The quantitative estimate of drug-likeness (QED) is 0.343. The Morgan fingerprint density at radius 3 is 2.44 bits per heavy atom. The fraction of sp³-hybridized carbons (Fsp3) is 0.833. The second-order valence-electron chi connectivity index (χ2n) is 4.42. The predicted octanol–water partition coefficient (Wildman–Crippen LogP) is -0.110. The van der Waals surface area contributed by atoms with Crippen LogP contribution in [0, 0.1) is 0 Å². The summed E-state index contributed by atoms with van der Waals surface area (Å²) in [6.45, 7) is 3.73. The SMILES string of the molecule is CCCC(O)(CC(=O)NCCCCO)NC(C)=O. The van der Waals surface area contributed by atoms with Crippen LogP contribution in [-0.2, 0) is 9.59 Å². The van der Waals surface area contributed by atoms with Crippen molar-refractivity contribution in [2.24, 2.45) is 0 Å². The molecule has 6 nitrogen and oxygen atoms in total. The molecule has 0 aromatic carbocycles. The predicted molar refractivity (Wildman–Crippen MR) is 67.6 cm³/mol. The van der Waals surface area contributed by atoms with Crippen molar-refractivity contribution >= 4 is 11.8 Å². The van der Waals surface area contributed by atoms with E-state index in [1.165, 1.54) is 6.92 Å². The van der Waals surface area contributed by atoms with Crippen LogP contribution in [0.3, 0.4) is 0 Å². The Morgan fingerprint density at radius 1 is 1.28 bits per heavy atom. The number of aliphatic hydroxyl groups is 2. The molecule has 18 heavy (non-hydrogen) atoms. The van der Waals surface area contributed by atoms with Gasteiger partial charge in [-0.3, -0.25) is 9.59 Å². The van der Waals surface area contributed by atoms with Gasteiger partial charge in [0.15, 0.2) is 0 Å². The second-order valence-corrected chi connectivity index (χ2v) is 4.42. The van der Waals surface area contributed by atoms with Crippen molar-refractivity contribution in [1.29, 1.82) is 0 Å². The molecule has 0 saturated heterocycles. The molecule has 4 N–H and O–H groups in total. The van der Waals surface area contributed by atoms with Gasteiger partial charge in [0, 0.05) is 20.1 Å². The summed E-state index contributed by atoms with van der Waals surface area (Å²) in [5, 5.41) is 23.8. The molecule has 0 spiro atoms. The molecule has 0 radical (unpaired) electrons. The van der Waals surface area contributed by atoms with Crippen LogP contribution in [0.25, 0.3) is 0 Å². The number of hydrogen-bond donors (Lipinski definition) is 4. The van der Waals surface area contributed by atoms with Gasteiger partial charge in [0.05, 0.1) is 6.42 Å². The highest BCUT2D eigenvalue weighted by Crippen LogP contribution is 2.14. The first-order valence-electron chi connectivity index (χ1n) is 6.32. The van der Waals surface area contributed by atoms with Crippen LogP contribution in [0.5, 0.6) is 0 Å². The molecule has 0 rings (SSSR count). The molecule has 0 aliphatic carbocycles. The van der Waals surface area contributed by atoms with Crippen molar-refractivity contribution in [3.8, 4) is 0 Å². The molecule has 1 unspecified atom stereocenters. The van der Waals surface area contributed by atoms with Gasteiger partial charge in [0.25, 0.3) is 0 Å². The Bertz CT molecular complexity index is 271. The smallest absolute Gasteiger partial charge is 0.224 e. The van der Waals surface area contributed by atoms with Crippen LogP contribution in [-0.4, -0.2) is 40.9 Å². The van der Waals surface area contributed by atoms with E-state index < -0.39 is 5.72 Å². The standard InChI is InChI=1S/C12H24N2O4/c1-3-6-12(18,14-10(2)16)9-11(17)13-7-4-5-8-15/h15,18H,3-9H2,1-2H3,(H,13,17)(H,14,16). The van der Waals surface area contributed by atoms with E-state index in [9.17, 15) is 14.7 Å². The molecule has 0 heterocycles. The van der Waals surface area contributed by atoms with Crippen LogP contribution in [0.2, 0.25) is 0 Å². The highest BCUT2D eigenvalue weighted by Gasteiger charge is 2.29. The van der Waals surface area contributed by atoms with Crippen molar-refractivity contribution < 1.29 is 19.8 Å². The topological polar surface area (TPSA) is 98.7 Å². The number of hydrogen-bond acceptors (Lipinski definition) is 4. The summed E-state index contributed by atoms with van der Waals surface area (Å²) in [6.07, 6.45) is 2.16. The lowest BCUT2D eigenvalue weighted by atomic mass is 10.0. The van der Waals surface area contributed by atoms with Crippen molar-refractivity contribution in [3.63, 3.8) is 0 Å². The molecule has 0 aliphatic rings. The Morgan fingerprint density at radius 2 is 1.94 bits per heavy atom. The van der Waals surface area contributed by atoms with E-state index >= 15 is 0 Å². The maximum Gasteiger partial charge on any atom is 0.224 e. The molecule has 0 aromatic heterocycles. The number of aliphatic hydroxyl groups excluding tert-OH is 1. The third kappa shape index (κ3) is 8.03. The maximum absolute atomic E-state index is 11.6. The molecule has 106 valence electrons. The van der Waals surface area contributed by atoms with Crippen LogP contribution in [0.4, 0.5) is 0 Å². The number of unbranched alkanes of at least 4 members (excludes halogenated alkanes) is 1. The zero-order valence-corrected chi connectivity index (χ0v) is 11.2. The van der Waals surface area contributed by atoms with Gasteiger partial charge in [-0.2, -0.15) is 0 Å². The van der Waals surface area contributed by atoms with Gasteiger partial charge < -0.3 is 20.8 Å². The highest BCUT2D eigenvalue weighted by atomic mass is 16.3. The van der Waals surface area contributed by atoms with Gasteiger partial charge in [-0.15, -0.1) is 0 Å². The monoisotopic (exact) mass is 260 g/mol. The van der Waals surface area contributed by atoms with Gasteiger partial charge in [-0.25, -0.2) is 0 Å². The molecule has 0 aromatic rings. The fourth-order valence-electron chi connectivity index (χ4n) is 1.73. The van der Waals surface area contributed by atoms with Crippen molar-refractivity contribution in [3.05, 3.63) is 0 Å². The summed E-state index contributed by atoms with van der Waals surface area (Å²) in [4.78, 5) is 22.6. The third-order valence-corrected chi connectivity index (χ3v) is 2.43. The highest BCUT2D eigenvalue weighted by molar-refractivity contribution is 5.79. The largest absolute Gasteiger partial charge is 0.396 e. The molecule has 1 atom stereocenters. The van der Waals surface area contributed by atoms with Gasteiger partial charge in [0.1, 0.15) is 5.72 Å². The summed E-state index contributed by atoms with van der Waals surface area (Å²) in [6, 6.07) is 0. The van der Waals surface area contributed by atoms with E-state index in [2.05, 4.69) is 10.6 Å².